The van der Waals surface area contributed by atoms with Crippen molar-refractivity contribution in [3.05, 3.63) is 69.2 Å². The molecule has 3 aliphatic heterocycles. The normalized spacial score (nSPS) is 19.2. The van der Waals surface area contributed by atoms with E-state index in [1.54, 1.807) is 17.4 Å². The molecule has 0 saturated carbocycles. The van der Waals surface area contributed by atoms with E-state index in [0.717, 1.165) is 56.3 Å². The van der Waals surface area contributed by atoms with Gasteiger partial charge in [-0.25, -0.2) is 13.4 Å². The molecule has 222 valence electrons. The number of carbonyl (C=O) groups is 1. The standard InChI is InChI=1S/C30H35BrN6O4S/c1-4-42(39,40)36-10-9-22(18-36)33-28-25(31)17-32-27-16-26(34-29(27)28)24-15-19(2)37(20(24)3)23-7-5-21(6-8-23)30(38)35-11-13-41-14-12-35/h5-8,15,17,22H,4,9-14,16,18H2,1-3H3,(H,32,33). The third-order valence-electron chi connectivity index (χ3n) is 8.33. The minimum atomic E-state index is -3.22. The molecule has 2 fully saturated rings. The van der Waals surface area contributed by atoms with Crippen LogP contribution in [0, 0.1) is 13.8 Å². The van der Waals surface area contributed by atoms with Gasteiger partial charge in [0, 0.05) is 73.0 Å². The van der Waals surface area contributed by atoms with Gasteiger partial charge in [0.05, 0.1) is 40.5 Å². The summed E-state index contributed by atoms with van der Waals surface area (Å²) in [4.78, 5) is 24.5. The number of aryl methyl sites for hydroxylation is 1. The van der Waals surface area contributed by atoms with Crippen molar-refractivity contribution in [1.82, 2.24) is 18.8 Å². The number of benzene rings is 1. The summed E-state index contributed by atoms with van der Waals surface area (Å²) in [6.45, 7) is 9.19. The molecule has 1 N–H and O–H groups in total. The van der Waals surface area contributed by atoms with Crippen LogP contribution >= 0.6 is 15.9 Å². The Morgan fingerprint density at radius 3 is 2.60 bits per heavy atom. The fraction of sp³-hybridized carbons (Fsp3) is 0.433. The average molecular weight is 656 g/mol. The molecule has 2 saturated heterocycles. The van der Waals surface area contributed by atoms with Crippen LogP contribution in [0.25, 0.3) is 5.69 Å². The first-order valence-electron chi connectivity index (χ1n) is 14.3. The number of amides is 1. The molecule has 5 heterocycles. The Morgan fingerprint density at radius 1 is 1.14 bits per heavy atom. The van der Waals surface area contributed by atoms with Crippen molar-refractivity contribution in [3.8, 4) is 5.69 Å². The van der Waals surface area contributed by atoms with Gasteiger partial charge in [-0.3, -0.25) is 9.78 Å². The second-order valence-corrected chi connectivity index (χ2v) is 14.1. The molecule has 42 heavy (non-hydrogen) atoms. The first-order valence-corrected chi connectivity index (χ1v) is 16.7. The molecule has 12 heteroatoms. The van der Waals surface area contributed by atoms with Gasteiger partial charge < -0.3 is 19.5 Å². The van der Waals surface area contributed by atoms with Crippen molar-refractivity contribution >= 4 is 48.9 Å². The lowest BCUT2D eigenvalue weighted by atomic mass is 10.1. The van der Waals surface area contributed by atoms with Crippen LogP contribution in [0.15, 0.2) is 46.0 Å². The molecule has 3 aliphatic rings. The summed E-state index contributed by atoms with van der Waals surface area (Å²) in [7, 11) is -3.22. The second-order valence-electron chi connectivity index (χ2n) is 11.0. The van der Waals surface area contributed by atoms with Crippen LogP contribution in [0.3, 0.4) is 0 Å². The highest BCUT2D eigenvalue weighted by Crippen LogP contribution is 2.41. The highest BCUT2D eigenvalue weighted by Gasteiger charge is 2.32. The van der Waals surface area contributed by atoms with Crippen molar-refractivity contribution in [1.29, 1.82) is 0 Å². The van der Waals surface area contributed by atoms with Crippen LogP contribution in [-0.2, 0) is 21.2 Å². The van der Waals surface area contributed by atoms with Gasteiger partial charge in [0.15, 0.2) is 0 Å². The number of fused-ring (bicyclic) bond motifs is 1. The fourth-order valence-electron chi connectivity index (χ4n) is 6.03. The zero-order valence-electron chi connectivity index (χ0n) is 24.1. The molecule has 1 amide bonds. The number of morpholine rings is 1. The van der Waals surface area contributed by atoms with E-state index in [1.165, 1.54) is 0 Å². The molecule has 6 rings (SSSR count). The molecule has 0 spiro atoms. The number of anilines is 1. The monoisotopic (exact) mass is 654 g/mol. The lowest BCUT2D eigenvalue weighted by Crippen LogP contribution is -2.40. The molecule has 0 radical (unpaired) electrons. The maximum absolute atomic E-state index is 12.9. The van der Waals surface area contributed by atoms with Crippen LogP contribution in [0.2, 0.25) is 0 Å². The molecule has 0 aliphatic carbocycles. The van der Waals surface area contributed by atoms with Gasteiger partial charge in [0.2, 0.25) is 10.0 Å². The number of aromatic nitrogens is 2. The topological polar surface area (TPSA) is 109 Å². The first kappa shape index (κ1) is 29.0. The lowest BCUT2D eigenvalue weighted by Gasteiger charge is -2.27. The molecular formula is C30H35BrN6O4S. The summed E-state index contributed by atoms with van der Waals surface area (Å²) < 4.78 is 34.7. The number of carbonyl (C=O) groups excluding carboxylic acids is 1. The van der Waals surface area contributed by atoms with E-state index in [4.69, 9.17) is 9.73 Å². The Morgan fingerprint density at radius 2 is 1.88 bits per heavy atom. The molecule has 0 bridgehead atoms. The molecule has 1 aromatic carbocycles. The average Bonchev–Trinajstić information content (AvgIpc) is 3.72. The number of ether oxygens (including phenoxy) is 1. The zero-order valence-corrected chi connectivity index (χ0v) is 26.5. The van der Waals surface area contributed by atoms with E-state index in [9.17, 15) is 13.2 Å². The van der Waals surface area contributed by atoms with Crippen LogP contribution < -0.4 is 5.32 Å². The van der Waals surface area contributed by atoms with Crippen molar-refractivity contribution in [2.75, 3.05) is 50.5 Å². The summed E-state index contributed by atoms with van der Waals surface area (Å²) in [5.41, 5.74) is 8.34. The van der Waals surface area contributed by atoms with Crippen LogP contribution in [0.1, 0.15) is 46.3 Å². The molecule has 10 nitrogen and oxygen atoms in total. The summed E-state index contributed by atoms with van der Waals surface area (Å²) in [6, 6.07) is 9.92. The zero-order chi connectivity index (χ0) is 29.6. The Balaban J connectivity index is 1.24. The number of halogens is 1. The third kappa shape index (κ3) is 5.41. The Bertz CT molecular complexity index is 1660. The minimum absolute atomic E-state index is 0.00320. The largest absolute Gasteiger partial charge is 0.378 e. The summed E-state index contributed by atoms with van der Waals surface area (Å²) in [5.74, 6) is 0.140. The van der Waals surface area contributed by atoms with Gasteiger partial charge in [-0.2, -0.15) is 4.31 Å². The van der Waals surface area contributed by atoms with Gasteiger partial charge in [-0.05, 0) is 73.5 Å². The maximum atomic E-state index is 12.9. The van der Waals surface area contributed by atoms with E-state index < -0.39 is 10.0 Å². The number of pyridine rings is 1. The van der Waals surface area contributed by atoms with E-state index in [0.29, 0.717) is 51.4 Å². The van der Waals surface area contributed by atoms with E-state index in [-0.39, 0.29) is 17.7 Å². The number of nitrogens with zero attached hydrogens (tertiary/aromatic N) is 5. The Hall–Kier alpha value is -3.06. The fourth-order valence-corrected chi connectivity index (χ4v) is 7.59. The number of sulfonamides is 1. The van der Waals surface area contributed by atoms with Crippen molar-refractivity contribution < 1.29 is 17.9 Å². The van der Waals surface area contributed by atoms with Crippen molar-refractivity contribution in [3.63, 3.8) is 0 Å². The van der Waals surface area contributed by atoms with Gasteiger partial charge in [0.25, 0.3) is 5.91 Å². The number of hydrogen-bond acceptors (Lipinski definition) is 7. The van der Waals surface area contributed by atoms with Gasteiger partial charge >= 0.3 is 0 Å². The lowest BCUT2D eigenvalue weighted by molar-refractivity contribution is 0.0303. The quantitative estimate of drug-likeness (QED) is 0.408. The first-order chi connectivity index (χ1) is 20.2. The van der Waals surface area contributed by atoms with Gasteiger partial charge in [-0.1, -0.05) is 0 Å². The summed E-state index contributed by atoms with van der Waals surface area (Å²) in [5, 5.41) is 3.56. The molecule has 2 aromatic heterocycles. The Labute approximate surface area is 255 Å². The van der Waals surface area contributed by atoms with Crippen LogP contribution in [0.5, 0.6) is 0 Å². The van der Waals surface area contributed by atoms with Crippen LogP contribution in [0.4, 0.5) is 11.4 Å². The van der Waals surface area contributed by atoms with Gasteiger partial charge in [-0.15, -0.1) is 0 Å². The van der Waals surface area contributed by atoms with Crippen molar-refractivity contribution in [2.24, 2.45) is 4.99 Å². The third-order valence-corrected chi connectivity index (χ3v) is 10.8. The van der Waals surface area contributed by atoms with E-state index in [2.05, 4.69) is 50.7 Å². The predicted octanol–water partition coefficient (Wildman–Crippen LogP) is 4.24. The Kier molecular flexibility index (Phi) is 7.99. The van der Waals surface area contributed by atoms with E-state index in [1.807, 2.05) is 29.2 Å². The molecule has 3 aromatic rings. The van der Waals surface area contributed by atoms with Crippen LogP contribution in [-0.4, -0.2) is 90.0 Å². The van der Waals surface area contributed by atoms with Crippen molar-refractivity contribution in [2.45, 2.75) is 39.7 Å². The molecular weight excluding hydrogens is 620 g/mol. The highest BCUT2D eigenvalue weighted by atomic mass is 79.9. The maximum Gasteiger partial charge on any atom is 0.254 e. The number of aliphatic imine (C=N–C) groups is 1. The van der Waals surface area contributed by atoms with E-state index >= 15 is 0 Å². The SMILES string of the molecule is CCS(=O)(=O)N1CCC(Nc2c(Br)cnc3c2N=C(c2cc(C)n(-c4ccc(C(=O)N5CCOCC5)cc4)c2C)C3)C1. The summed E-state index contributed by atoms with van der Waals surface area (Å²) >= 11 is 3.64. The smallest absolute Gasteiger partial charge is 0.254 e. The molecule has 1 unspecified atom stereocenters. The highest BCUT2D eigenvalue weighted by molar-refractivity contribution is 9.10. The number of hydrogen-bond donors (Lipinski definition) is 1. The predicted molar refractivity (Wildman–Crippen MR) is 167 cm³/mol. The number of rotatable bonds is 7. The number of nitrogens with one attached hydrogen (secondary N) is 1. The van der Waals surface area contributed by atoms with Gasteiger partial charge in [0.1, 0.15) is 5.69 Å². The second kappa shape index (κ2) is 11.6. The molecule has 1 atom stereocenters. The summed E-state index contributed by atoms with van der Waals surface area (Å²) in [6.07, 6.45) is 3.13. The minimum Gasteiger partial charge on any atom is -0.378 e.